The Kier molecular flexibility index (Phi) is 4.10. The van der Waals surface area contributed by atoms with Gasteiger partial charge in [-0.15, -0.1) is 0 Å². The normalized spacial score (nSPS) is 16.1. The number of carboxylic acid groups (broad SMARTS) is 1. The molecule has 0 saturated heterocycles. The van der Waals surface area contributed by atoms with Gasteiger partial charge in [0, 0.05) is 29.0 Å². The van der Waals surface area contributed by atoms with Crippen LogP contribution in [0.15, 0.2) is 72.3 Å². The predicted octanol–water partition coefficient (Wildman–Crippen LogP) is 4.54. The van der Waals surface area contributed by atoms with E-state index in [0.29, 0.717) is 0 Å². The lowest BCUT2D eigenvalue weighted by Crippen LogP contribution is -2.12. The second-order valence-electron chi connectivity index (χ2n) is 7.41. The quantitative estimate of drug-likeness (QED) is 0.521. The molecule has 2 aliphatic rings. The van der Waals surface area contributed by atoms with Gasteiger partial charge in [-0.25, -0.2) is 4.79 Å². The summed E-state index contributed by atoms with van der Waals surface area (Å²) >= 11 is 0. The molecule has 0 aromatic heterocycles. The van der Waals surface area contributed by atoms with Crippen LogP contribution < -0.4 is 4.90 Å². The molecule has 0 spiro atoms. The van der Waals surface area contributed by atoms with Crippen LogP contribution in [0.1, 0.15) is 42.2 Å². The molecule has 0 bridgehead atoms. The molecule has 0 fully saturated rings. The summed E-state index contributed by atoms with van der Waals surface area (Å²) in [6.07, 6.45) is 2.49. The van der Waals surface area contributed by atoms with Gasteiger partial charge in [-0.3, -0.25) is 9.59 Å². The minimum absolute atomic E-state index is 0.00492. The molecule has 30 heavy (non-hydrogen) atoms. The molecule has 0 atom stereocenters. The van der Waals surface area contributed by atoms with Crippen molar-refractivity contribution in [3.63, 3.8) is 0 Å². The number of carbonyl (C=O) groups excluding carboxylic acids is 2. The van der Waals surface area contributed by atoms with Gasteiger partial charge in [0.2, 0.25) is 0 Å². The maximum Gasteiger partial charge on any atom is 0.335 e. The maximum atomic E-state index is 12.8. The Morgan fingerprint density at radius 1 is 0.900 bits per heavy atom. The summed E-state index contributed by atoms with van der Waals surface area (Å²) in [7, 11) is 0. The molecule has 3 aromatic rings. The predicted molar refractivity (Wildman–Crippen MR) is 114 cm³/mol. The molecule has 5 rings (SSSR count). The summed E-state index contributed by atoms with van der Waals surface area (Å²) in [4.78, 5) is 38.9. The number of fused-ring (bicyclic) bond motifs is 2. The van der Waals surface area contributed by atoms with E-state index in [0.717, 1.165) is 35.5 Å². The lowest BCUT2D eigenvalue weighted by Gasteiger charge is -2.19. The number of para-hydroxylation sites is 1. The number of hydrogen-bond donors (Lipinski definition) is 1. The summed E-state index contributed by atoms with van der Waals surface area (Å²) < 4.78 is 0. The average Bonchev–Trinajstić information content (AvgIpc) is 3.29. The van der Waals surface area contributed by atoms with Crippen LogP contribution in [0.4, 0.5) is 11.4 Å². The third-order valence-electron chi connectivity index (χ3n) is 5.62. The molecule has 0 saturated carbocycles. The molecule has 5 nitrogen and oxygen atoms in total. The van der Waals surface area contributed by atoms with Crippen LogP contribution in [-0.2, 0) is 6.42 Å². The highest BCUT2D eigenvalue weighted by atomic mass is 16.4. The van der Waals surface area contributed by atoms with Crippen molar-refractivity contribution >= 4 is 35.0 Å². The van der Waals surface area contributed by atoms with E-state index in [9.17, 15) is 14.4 Å². The highest BCUT2D eigenvalue weighted by Crippen LogP contribution is 2.36. The summed E-state index contributed by atoms with van der Waals surface area (Å²) in [5.74, 6) is -1.92. The van der Waals surface area contributed by atoms with Crippen molar-refractivity contribution < 1.29 is 19.5 Å². The summed E-state index contributed by atoms with van der Waals surface area (Å²) in [5.41, 5.74) is 4.69. The van der Waals surface area contributed by atoms with E-state index in [-0.39, 0.29) is 28.0 Å². The topological polar surface area (TPSA) is 74.7 Å². The van der Waals surface area contributed by atoms with Crippen molar-refractivity contribution in [3.8, 4) is 0 Å². The minimum Gasteiger partial charge on any atom is -0.478 e. The molecule has 146 valence electrons. The molecule has 0 unspecified atom stereocenters. The number of nitrogens with zero attached hydrogens (tertiary/aromatic N) is 1. The lowest BCUT2D eigenvalue weighted by atomic mass is 10.0. The summed E-state index contributed by atoms with van der Waals surface area (Å²) in [6, 6.07) is 20.1. The second kappa shape index (κ2) is 6.81. The summed E-state index contributed by atoms with van der Waals surface area (Å²) in [6.45, 7) is 0.876. The standard InChI is InChI=1S/C25H17NO4/c27-23-19-8-7-17(25(29)30)14-20(19)24(28)21(23)13-15-6-9-22-16(12-15)10-11-26(22)18-4-2-1-3-5-18/h1-9,12-14H,10-11H2,(H,29,30)/b21-13-. The highest BCUT2D eigenvalue weighted by molar-refractivity contribution is 6.41. The number of aromatic carboxylic acids is 1. The average molecular weight is 395 g/mol. The molecule has 1 aliphatic heterocycles. The fourth-order valence-electron chi connectivity index (χ4n) is 4.14. The first-order valence-electron chi connectivity index (χ1n) is 9.67. The van der Waals surface area contributed by atoms with Gasteiger partial charge < -0.3 is 10.0 Å². The molecule has 5 heteroatoms. The first-order chi connectivity index (χ1) is 14.5. The lowest BCUT2D eigenvalue weighted by molar-refractivity contribution is 0.0696. The van der Waals surface area contributed by atoms with E-state index < -0.39 is 11.8 Å². The van der Waals surface area contributed by atoms with Crippen LogP contribution in [0, 0.1) is 0 Å². The molecular formula is C25H17NO4. The van der Waals surface area contributed by atoms with Gasteiger partial charge in [-0.2, -0.15) is 0 Å². The highest BCUT2D eigenvalue weighted by Gasteiger charge is 2.33. The van der Waals surface area contributed by atoms with E-state index in [2.05, 4.69) is 17.0 Å². The number of carbonyl (C=O) groups is 3. The van der Waals surface area contributed by atoms with Gasteiger partial charge in [0.1, 0.15) is 0 Å². The first kappa shape index (κ1) is 18.1. The number of Topliss-reactive ketones (excluding diaryl/α,β-unsaturated/α-hetero) is 2. The van der Waals surface area contributed by atoms with Crippen LogP contribution in [0.5, 0.6) is 0 Å². The summed E-state index contributed by atoms with van der Waals surface area (Å²) in [5, 5.41) is 9.15. The minimum atomic E-state index is -1.13. The SMILES string of the molecule is O=C(O)c1ccc2c(c1)C(=O)/C(=C\c1ccc3c(c1)CCN3c1ccccc1)C2=O. The van der Waals surface area contributed by atoms with Crippen molar-refractivity contribution in [1.29, 1.82) is 0 Å². The zero-order chi connectivity index (χ0) is 20.8. The van der Waals surface area contributed by atoms with E-state index in [1.54, 1.807) is 6.08 Å². The monoisotopic (exact) mass is 395 g/mol. The Hall–Kier alpha value is -3.99. The number of benzene rings is 3. The van der Waals surface area contributed by atoms with Crippen LogP contribution in [0.25, 0.3) is 6.08 Å². The van der Waals surface area contributed by atoms with Gasteiger partial charge in [-0.05, 0) is 66.1 Å². The van der Waals surface area contributed by atoms with E-state index in [1.165, 1.54) is 18.2 Å². The zero-order valence-corrected chi connectivity index (χ0v) is 16.0. The Balaban J connectivity index is 1.48. The van der Waals surface area contributed by atoms with Gasteiger partial charge in [-0.1, -0.05) is 24.3 Å². The number of hydrogen-bond acceptors (Lipinski definition) is 4. The molecule has 0 amide bonds. The Bertz CT molecular complexity index is 1260. The van der Waals surface area contributed by atoms with Crippen LogP contribution in [0.2, 0.25) is 0 Å². The molecule has 0 radical (unpaired) electrons. The third kappa shape index (κ3) is 2.83. The van der Waals surface area contributed by atoms with Crippen molar-refractivity contribution in [3.05, 3.63) is 100 Å². The fraction of sp³-hybridized carbons (Fsp3) is 0.0800. The Morgan fingerprint density at radius 2 is 1.67 bits per heavy atom. The third-order valence-corrected chi connectivity index (χ3v) is 5.62. The number of allylic oxidation sites excluding steroid dienone is 1. The van der Waals surface area contributed by atoms with Gasteiger partial charge in [0.25, 0.3) is 0 Å². The number of carboxylic acids is 1. The molecule has 3 aromatic carbocycles. The molecular weight excluding hydrogens is 378 g/mol. The van der Waals surface area contributed by atoms with E-state index >= 15 is 0 Å². The Labute approximate surface area is 172 Å². The van der Waals surface area contributed by atoms with Crippen molar-refractivity contribution in [2.45, 2.75) is 6.42 Å². The number of ketones is 2. The largest absolute Gasteiger partial charge is 0.478 e. The second-order valence-corrected chi connectivity index (χ2v) is 7.41. The molecule has 1 aliphatic carbocycles. The molecule has 1 heterocycles. The molecule has 1 N–H and O–H groups in total. The Morgan fingerprint density at radius 3 is 2.43 bits per heavy atom. The smallest absolute Gasteiger partial charge is 0.335 e. The van der Waals surface area contributed by atoms with Crippen molar-refractivity contribution in [2.75, 3.05) is 11.4 Å². The first-order valence-corrected chi connectivity index (χ1v) is 9.67. The fourth-order valence-corrected chi connectivity index (χ4v) is 4.14. The van der Waals surface area contributed by atoms with Gasteiger partial charge in [0.05, 0.1) is 11.1 Å². The van der Waals surface area contributed by atoms with Crippen LogP contribution in [0.3, 0.4) is 0 Å². The maximum absolute atomic E-state index is 12.8. The van der Waals surface area contributed by atoms with Gasteiger partial charge in [0.15, 0.2) is 11.6 Å². The van der Waals surface area contributed by atoms with Crippen molar-refractivity contribution in [2.24, 2.45) is 0 Å². The van der Waals surface area contributed by atoms with Crippen molar-refractivity contribution in [1.82, 2.24) is 0 Å². The van der Waals surface area contributed by atoms with Gasteiger partial charge >= 0.3 is 5.97 Å². The van der Waals surface area contributed by atoms with E-state index in [4.69, 9.17) is 5.11 Å². The van der Waals surface area contributed by atoms with Crippen LogP contribution >= 0.6 is 0 Å². The van der Waals surface area contributed by atoms with E-state index in [1.807, 2.05) is 36.4 Å². The zero-order valence-electron chi connectivity index (χ0n) is 16.0. The number of rotatable bonds is 3. The number of anilines is 2. The van der Waals surface area contributed by atoms with Crippen LogP contribution in [-0.4, -0.2) is 29.2 Å².